The molecule has 0 spiro atoms. The number of hydrogen-bond acceptors (Lipinski definition) is 2. The third-order valence-electron chi connectivity index (χ3n) is 3.18. The number of nitrogens with zero attached hydrogens (tertiary/aromatic N) is 2. The van der Waals surface area contributed by atoms with Crippen molar-refractivity contribution in [1.29, 1.82) is 0 Å². The zero-order valence-corrected chi connectivity index (χ0v) is 11.8. The van der Waals surface area contributed by atoms with Crippen LogP contribution < -0.4 is 5.32 Å². The SMILES string of the molecule is CCCn1cncc1CNCc1ccc(C(F)(F)F)cc1. The molecule has 0 fully saturated rings. The second-order valence-corrected chi connectivity index (χ2v) is 4.88. The highest BCUT2D eigenvalue weighted by Gasteiger charge is 2.29. The van der Waals surface area contributed by atoms with E-state index in [9.17, 15) is 13.2 Å². The van der Waals surface area contributed by atoms with Crippen molar-refractivity contribution >= 4 is 0 Å². The standard InChI is InChI=1S/C15H18F3N3/c1-2-7-21-11-20-10-14(21)9-19-8-12-3-5-13(6-4-12)15(16,17)18/h3-6,10-11,19H,2,7-9H2,1H3. The molecular weight excluding hydrogens is 279 g/mol. The Bertz CT molecular complexity index is 558. The number of benzene rings is 1. The molecule has 3 nitrogen and oxygen atoms in total. The molecule has 0 aliphatic rings. The van der Waals surface area contributed by atoms with E-state index >= 15 is 0 Å². The largest absolute Gasteiger partial charge is 0.416 e. The lowest BCUT2D eigenvalue weighted by Crippen LogP contribution is -2.16. The van der Waals surface area contributed by atoms with E-state index in [-0.39, 0.29) is 0 Å². The Balaban J connectivity index is 1.87. The molecule has 6 heteroatoms. The Labute approximate surface area is 121 Å². The lowest BCUT2D eigenvalue weighted by Gasteiger charge is -2.10. The van der Waals surface area contributed by atoms with E-state index in [1.807, 2.05) is 0 Å². The molecule has 1 aromatic heterocycles. The number of halogens is 3. The average molecular weight is 297 g/mol. The number of aromatic nitrogens is 2. The fourth-order valence-corrected chi connectivity index (χ4v) is 2.08. The Morgan fingerprint density at radius 3 is 2.48 bits per heavy atom. The highest BCUT2D eigenvalue weighted by atomic mass is 19.4. The fraction of sp³-hybridized carbons (Fsp3) is 0.400. The van der Waals surface area contributed by atoms with Gasteiger partial charge in [-0.2, -0.15) is 13.2 Å². The van der Waals surface area contributed by atoms with Crippen LogP contribution in [-0.4, -0.2) is 9.55 Å². The van der Waals surface area contributed by atoms with Crippen LogP contribution in [-0.2, 0) is 25.8 Å². The first-order valence-corrected chi connectivity index (χ1v) is 6.86. The molecular formula is C15H18F3N3. The van der Waals surface area contributed by atoms with Crippen molar-refractivity contribution in [3.8, 4) is 0 Å². The summed E-state index contributed by atoms with van der Waals surface area (Å²) in [5.74, 6) is 0. The van der Waals surface area contributed by atoms with Crippen LogP contribution in [0.3, 0.4) is 0 Å². The van der Waals surface area contributed by atoms with Crippen molar-refractivity contribution in [2.75, 3.05) is 0 Å². The van der Waals surface area contributed by atoms with Crippen molar-refractivity contribution in [3.05, 3.63) is 53.6 Å². The lowest BCUT2D eigenvalue weighted by molar-refractivity contribution is -0.137. The molecule has 114 valence electrons. The van der Waals surface area contributed by atoms with Gasteiger partial charge in [-0.3, -0.25) is 0 Å². The van der Waals surface area contributed by atoms with Gasteiger partial charge in [0.15, 0.2) is 0 Å². The molecule has 0 atom stereocenters. The van der Waals surface area contributed by atoms with Gasteiger partial charge < -0.3 is 9.88 Å². The van der Waals surface area contributed by atoms with E-state index in [0.717, 1.165) is 36.4 Å². The number of rotatable bonds is 6. The van der Waals surface area contributed by atoms with Crippen LogP contribution in [0, 0.1) is 0 Å². The molecule has 0 saturated carbocycles. The second-order valence-electron chi connectivity index (χ2n) is 4.88. The number of aryl methyl sites for hydroxylation is 1. The van der Waals surface area contributed by atoms with Gasteiger partial charge >= 0.3 is 6.18 Å². The van der Waals surface area contributed by atoms with Crippen LogP contribution >= 0.6 is 0 Å². The van der Waals surface area contributed by atoms with Crippen molar-refractivity contribution in [1.82, 2.24) is 14.9 Å². The third kappa shape index (κ3) is 4.32. The van der Waals surface area contributed by atoms with Gasteiger partial charge in [-0.25, -0.2) is 4.98 Å². The van der Waals surface area contributed by atoms with Gasteiger partial charge in [0.2, 0.25) is 0 Å². The molecule has 0 aliphatic carbocycles. The summed E-state index contributed by atoms with van der Waals surface area (Å²) in [4.78, 5) is 4.10. The maximum atomic E-state index is 12.4. The van der Waals surface area contributed by atoms with Crippen LogP contribution in [0.15, 0.2) is 36.8 Å². The molecule has 0 amide bonds. The first kappa shape index (κ1) is 15.6. The van der Waals surface area contributed by atoms with E-state index in [0.29, 0.717) is 13.1 Å². The summed E-state index contributed by atoms with van der Waals surface area (Å²) < 4.78 is 39.4. The molecule has 2 rings (SSSR count). The van der Waals surface area contributed by atoms with E-state index < -0.39 is 11.7 Å². The van der Waals surface area contributed by atoms with E-state index in [2.05, 4.69) is 21.8 Å². The predicted molar refractivity (Wildman–Crippen MR) is 74.5 cm³/mol. The maximum absolute atomic E-state index is 12.4. The Morgan fingerprint density at radius 2 is 1.86 bits per heavy atom. The van der Waals surface area contributed by atoms with E-state index in [4.69, 9.17) is 0 Å². The van der Waals surface area contributed by atoms with Gasteiger partial charge in [-0.05, 0) is 24.1 Å². The molecule has 21 heavy (non-hydrogen) atoms. The Morgan fingerprint density at radius 1 is 1.14 bits per heavy atom. The molecule has 0 saturated heterocycles. The fourth-order valence-electron chi connectivity index (χ4n) is 2.08. The topological polar surface area (TPSA) is 29.9 Å². The van der Waals surface area contributed by atoms with Gasteiger partial charge in [0, 0.05) is 25.8 Å². The van der Waals surface area contributed by atoms with Gasteiger partial charge in [-0.15, -0.1) is 0 Å². The highest BCUT2D eigenvalue weighted by molar-refractivity contribution is 5.24. The monoisotopic (exact) mass is 297 g/mol. The minimum absolute atomic E-state index is 0.523. The van der Waals surface area contributed by atoms with Crippen molar-refractivity contribution < 1.29 is 13.2 Å². The molecule has 0 radical (unpaired) electrons. The summed E-state index contributed by atoms with van der Waals surface area (Å²) in [5.41, 5.74) is 1.28. The summed E-state index contributed by atoms with van der Waals surface area (Å²) in [6.07, 6.45) is 0.342. The molecule has 2 aromatic rings. The molecule has 0 aliphatic heterocycles. The van der Waals surface area contributed by atoms with E-state index in [1.54, 1.807) is 12.5 Å². The zero-order valence-electron chi connectivity index (χ0n) is 11.8. The van der Waals surface area contributed by atoms with Crippen LogP contribution in [0.2, 0.25) is 0 Å². The Kier molecular flexibility index (Phi) is 5.01. The summed E-state index contributed by atoms with van der Waals surface area (Å²) in [6.45, 7) is 4.17. The number of alkyl halides is 3. The predicted octanol–water partition coefficient (Wildman–Crippen LogP) is 3.60. The van der Waals surface area contributed by atoms with Gasteiger partial charge in [-0.1, -0.05) is 19.1 Å². The van der Waals surface area contributed by atoms with Crippen LogP contribution in [0.5, 0.6) is 0 Å². The minimum Gasteiger partial charge on any atom is -0.333 e. The van der Waals surface area contributed by atoms with Gasteiger partial charge in [0.1, 0.15) is 0 Å². The number of imidazole rings is 1. The van der Waals surface area contributed by atoms with Gasteiger partial charge in [0.25, 0.3) is 0 Å². The summed E-state index contributed by atoms with van der Waals surface area (Å²) >= 11 is 0. The van der Waals surface area contributed by atoms with Crippen LogP contribution in [0.4, 0.5) is 13.2 Å². The molecule has 0 bridgehead atoms. The van der Waals surface area contributed by atoms with Crippen molar-refractivity contribution in [2.24, 2.45) is 0 Å². The normalized spacial score (nSPS) is 11.8. The average Bonchev–Trinajstić information content (AvgIpc) is 2.86. The second kappa shape index (κ2) is 6.76. The minimum atomic E-state index is -4.28. The number of hydrogen-bond donors (Lipinski definition) is 1. The zero-order chi connectivity index (χ0) is 15.3. The molecule has 1 heterocycles. The molecule has 0 unspecified atom stereocenters. The maximum Gasteiger partial charge on any atom is 0.416 e. The first-order valence-electron chi connectivity index (χ1n) is 6.86. The van der Waals surface area contributed by atoms with Crippen molar-refractivity contribution in [3.63, 3.8) is 0 Å². The van der Waals surface area contributed by atoms with Crippen molar-refractivity contribution in [2.45, 2.75) is 39.2 Å². The first-order chi connectivity index (χ1) is 10.0. The lowest BCUT2D eigenvalue weighted by atomic mass is 10.1. The summed E-state index contributed by atoms with van der Waals surface area (Å²) in [5, 5.41) is 3.22. The highest BCUT2D eigenvalue weighted by Crippen LogP contribution is 2.29. The Hall–Kier alpha value is -1.82. The quantitative estimate of drug-likeness (QED) is 0.883. The summed E-state index contributed by atoms with van der Waals surface area (Å²) in [6, 6.07) is 5.22. The molecule has 1 aromatic carbocycles. The number of nitrogens with one attached hydrogen (secondary N) is 1. The molecule has 1 N–H and O–H groups in total. The smallest absolute Gasteiger partial charge is 0.333 e. The third-order valence-corrected chi connectivity index (χ3v) is 3.18. The van der Waals surface area contributed by atoms with E-state index in [1.165, 1.54) is 12.1 Å². The van der Waals surface area contributed by atoms with Crippen LogP contribution in [0.25, 0.3) is 0 Å². The summed E-state index contributed by atoms with van der Waals surface area (Å²) in [7, 11) is 0. The van der Waals surface area contributed by atoms with Gasteiger partial charge in [0.05, 0.1) is 17.6 Å². The van der Waals surface area contributed by atoms with Crippen LogP contribution in [0.1, 0.15) is 30.2 Å².